The molecule has 10 heteroatoms. The fourth-order valence-corrected chi connectivity index (χ4v) is 4.99. The number of carbonyl (C=O) groups is 3. The van der Waals surface area contributed by atoms with Crippen molar-refractivity contribution in [3.8, 4) is 11.5 Å². The van der Waals surface area contributed by atoms with E-state index in [9.17, 15) is 14.4 Å². The summed E-state index contributed by atoms with van der Waals surface area (Å²) >= 11 is 12.9. The lowest BCUT2D eigenvalue weighted by molar-refractivity contribution is -0.123. The molecule has 1 fully saturated rings. The Morgan fingerprint density at radius 1 is 1.00 bits per heavy atom. The summed E-state index contributed by atoms with van der Waals surface area (Å²) < 4.78 is 11.5. The lowest BCUT2D eigenvalue weighted by Gasteiger charge is -2.14. The lowest BCUT2D eigenvalue weighted by atomic mass is 10.1. The van der Waals surface area contributed by atoms with Gasteiger partial charge in [-0.1, -0.05) is 47.5 Å². The molecule has 3 aromatic carbocycles. The smallest absolute Gasteiger partial charge is 0.293 e. The van der Waals surface area contributed by atoms with Crippen LogP contribution in [0.4, 0.5) is 10.5 Å². The van der Waals surface area contributed by atoms with Crippen LogP contribution in [0.15, 0.2) is 59.5 Å². The van der Waals surface area contributed by atoms with E-state index in [1.807, 2.05) is 39.0 Å². The predicted octanol–water partition coefficient (Wildman–Crippen LogP) is 7.26. The molecule has 202 valence electrons. The van der Waals surface area contributed by atoms with Gasteiger partial charge in [0.25, 0.3) is 17.1 Å². The largest absolute Gasteiger partial charge is 0.490 e. The summed E-state index contributed by atoms with van der Waals surface area (Å²) in [6, 6.07) is 15.8. The summed E-state index contributed by atoms with van der Waals surface area (Å²) in [4.78, 5) is 39.5. The van der Waals surface area contributed by atoms with Gasteiger partial charge in [-0.25, -0.2) is 0 Å². The molecule has 3 aromatic rings. The first-order valence-electron chi connectivity index (χ1n) is 12.1. The third-order valence-corrected chi connectivity index (χ3v) is 7.65. The van der Waals surface area contributed by atoms with Gasteiger partial charge >= 0.3 is 0 Å². The van der Waals surface area contributed by atoms with Crippen LogP contribution >= 0.6 is 35.0 Å². The molecule has 0 bridgehead atoms. The van der Waals surface area contributed by atoms with Crippen molar-refractivity contribution in [2.75, 3.05) is 18.5 Å². The Labute approximate surface area is 241 Å². The molecule has 39 heavy (non-hydrogen) atoms. The fourth-order valence-electron chi connectivity index (χ4n) is 3.83. The maximum atomic E-state index is 13.0. The van der Waals surface area contributed by atoms with Gasteiger partial charge in [-0.15, -0.1) is 0 Å². The Balaban J connectivity index is 1.45. The number of nitrogens with zero attached hydrogens (tertiary/aromatic N) is 1. The van der Waals surface area contributed by atoms with Crippen molar-refractivity contribution >= 4 is 63.8 Å². The summed E-state index contributed by atoms with van der Waals surface area (Å²) in [5.74, 6) is 0.0991. The minimum atomic E-state index is -0.405. The van der Waals surface area contributed by atoms with Crippen LogP contribution in [-0.2, 0) is 16.1 Å². The number of rotatable bonds is 9. The SMILES string of the molecule is CCOc1cc(/C=C2\SC(=O)N(Cc3ccc(Cl)c(Cl)c3)C2=O)ccc1OCC(=O)Nc1cccc(C)c1C. The number of hydrogen-bond donors (Lipinski definition) is 1. The molecular weight excluding hydrogens is 559 g/mol. The quantitative estimate of drug-likeness (QED) is 0.266. The number of halogens is 2. The first-order chi connectivity index (χ1) is 18.7. The molecule has 0 aromatic heterocycles. The van der Waals surface area contributed by atoms with Crippen molar-refractivity contribution in [3.05, 3.63) is 91.8 Å². The normalized spacial score (nSPS) is 14.2. The van der Waals surface area contributed by atoms with Crippen LogP contribution in [0, 0.1) is 13.8 Å². The number of ether oxygens (including phenoxy) is 2. The molecule has 1 saturated heterocycles. The zero-order valence-corrected chi connectivity index (χ0v) is 23.9. The van der Waals surface area contributed by atoms with Crippen LogP contribution in [0.5, 0.6) is 11.5 Å². The zero-order chi connectivity index (χ0) is 28.1. The second kappa shape index (κ2) is 12.6. The predicted molar refractivity (Wildman–Crippen MR) is 156 cm³/mol. The Morgan fingerprint density at radius 2 is 1.79 bits per heavy atom. The second-order valence-electron chi connectivity index (χ2n) is 8.74. The molecule has 0 aliphatic carbocycles. The molecule has 0 atom stereocenters. The van der Waals surface area contributed by atoms with Crippen LogP contribution < -0.4 is 14.8 Å². The first-order valence-corrected chi connectivity index (χ1v) is 13.7. The van der Waals surface area contributed by atoms with E-state index in [1.54, 1.807) is 42.5 Å². The molecule has 7 nitrogen and oxygen atoms in total. The summed E-state index contributed by atoms with van der Waals surface area (Å²) in [5.41, 5.74) is 4.14. The highest BCUT2D eigenvalue weighted by Gasteiger charge is 2.35. The molecule has 1 aliphatic heterocycles. The van der Waals surface area contributed by atoms with E-state index in [4.69, 9.17) is 32.7 Å². The van der Waals surface area contributed by atoms with Gasteiger partial charge in [0.1, 0.15) is 0 Å². The molecular formula is C29H26Cl2N2O5S. The van der Waals surface area contributed by atoms with E-state index >= 15 is 0 Å². The summed E-state index contributed by atoms with van der Waals surface area (Å²) in [6.45, 7) is 6.00. The highest BCUT2D eigenvalue weighted by Crippen LogP contribution is 2.36. The third-order valence-electron chi connectivity index (χ3n) is 6.00. The molecule has 4 rings (SSSR count). The molecule has 1 aliphatic rings. The number of carbonyl (C=O) groups excluding carboxylic acids is 3. The molecule has 1 heterocycles. The van der Waals surface area contributed by atoms with Crippen LogP contribution in [-0.4, -0.2) is 35.2 Å². The topological polar surface area (TPSA) is 84.9 Å². The molecule has 1 N–H and O–H groups in total. The van der Waals surface area contributed by atoms with E-state index in [0.29, 0.717) is 39.3 Å². The van der Waals surface area contributed by atoms with Crippen LogP contribution in [0.3, 0.4) is 0 Å². The minimum Gasteiger partial charge on any atom is -0.490 e. The second-order valence-corrected chi connectivity index (χ2v) is 10.5. The molecule has 0 unspecified atom stereocenters. The third kappa shape index (κ3) is 6.95. The number of nitrogens with one attached hydrogen (secondary N) is 1. The van der Waals surface area contributed by atoms with E-state index in [-0.39, 0.29) is 29.2 Å². The summed E-state index contributed by atoms with van der Waals surface area (Å²) in [7, 11) is 0. The van der Waals surface area contributed by atoms with Crippen LogP contribution in [0.1, 0.15) is 29.2 Å². The number of thioether (sulfide) groups is 1. The maximum absolute atomic E-state index is 13.0. The van der Waals surface area contributed by atoms with Gasteiger partial charge in [0, 0.05) is 5.69 Å². The number of aryl methyl sites for hydroxylation is 1. The average molecular weight is 586 g/mol. The number of amides is 3. The van der Waals surface area contributed by atoms with Crippen molar-refractivity contribution in [3.63, 3.8) is 0 Å². The van der Waals surface area contributed by atoms with E-state index in [2.05, 4.69) is 5.32 Å². The van der Waals surface area contributed by atoms with Crippen molar-refractivity contribution in [1.29, 1.82) is 0 Å². The van der Waals surface area contributed by atoms with Gasteiger partial charge < -0.3 is 14.8 Å². The number of benzene rings is 3. The monoisotopic (exact) mass is 584 g/mol. The number of hydrogen-bond acceptors (Lipinski definition) is 6. The highest BCUT2D eigenvalue weighted by molar-refractivity contribution is 8.18. The van der Waals surface area contributed by atoms with Crippen LogP contribution in [0.25, 0.3) is 6.08 Å². The highest BCUT2D eigenvalue weighted by atomic mass is 35.5. The van der Waals surface area contributed by atoms with E-state index < -0.39 is 5.91 Å². The average Bonchev–Trinajstić information content (AvgIpc) is 3.16. The zero-order valence-electron chi connectivity index (χ0n) is 21.5. The van der Waals surface area contributed by atoms with Gasteiger partial charge in [-0.05, 0) is 91.2 Å². The first kappa shape index (κ1) is 28.5. The van der Waals surface area contributed by atoms with Gasteiger partial charge in [-0.2, -0.15) is 0 Å². The summed E-state index contributed by atoms with van der Waals surface area (Å²) in [5, 5.41) is 3.24. The van der Waals surface area contributed by atoms with Crippen LogP contribution in [0.2, 0.25) is 10.0 Å². The lowest BCUT2D eigenvalue weighted by Crippen LogP contribution is -2.27. The summed E-state index contributed by atoms with van der Waals surface area (Å²) in [6.07, 6.45) is 1.62. The maximum Gasteiger partial charge on any atom is 0.293 e. The van der Waals surface area contributed by atoms with Gasteiger partial charge in [0.15, 0.2) is 18.1 Å². The Hall–Kier alpha value is -3.46. The number of anilines is 1. The number of imide groups is 1. The van der Waals surface area contributed by atoms with Crippen molar-refractivity contribution in [1.82, 2.24) is 4.90 Å². The van der Waals surface area contributed by atoms with E-state index in [1.165, 1.54) is 0 Å². The van der Waals surface area contributed by atoms with Crippen molar-refractivity contribution in [2.24, 2.45) is 0 Å². The van der Waals surface area contributed by atoms with E-state index in [0.717, 1.165) is 33.5 Å². The Kier molecular flexibility index (Phi) is 9.22. The molecule has 0 saturated carbocycles. The van der Waals surface area contributed by atoms with Gasteiger partial charge in [-0.3, -0.25) is 19.3 Å². The Morgan fingerprint density at radius 3 is 2.54 bits per heavy atom. The molecule has 0 spiro atoms. The molecule has 3 amide bonds. The standard InChI is InChI=1S/C29H26Cl2N2O5S/c1-4-37-25-13-19(9-11-24(25)38-16-27(34)32-23-7-5-6-17(2)18(23)3)14-26-28(35)33(29(36)39-26)15-20-8-10-21(30)22(31)12-20/h5-14H,4,15-16H2,1-3H3,(H,32,34)/b26-14-. The van der Waals surface area contributed by atoms with Crippen molar-refractivity contribution in [2.45, 2.75) is 27.3 Å². The Bertz CT molecular complexity index is 1470. The van der Waals surface area contributed by atoms with Crippen molar-refractivity contribution < 1.29 is 23.9 Å². The minimum absolute atomic E-state index is 0.0833. The fraction of sp³-hybridized carbons (Fsp3) is 0.207. The van der Waals surface area contributed by atoms with Gasteiger partial charge in [0.2, 0.25) is 0 Å². The molecule has 0 radical (unpaired) electrons. The van der Waals surface area contributed by atoms with Gasteiger partial charge in [0.05, 0.1) is 28.1 Å².